The van der Waals surface area contributed by atoms with E-state index in [9.17, 15) is 0 Å². The average molecular weight is 122 g/mol. The van der Waals surface area contributed by atoms with Gasteiger partial charge in [0.2, 0.25) is 0 Å². The molecule has 0 spiro atoms. The Kier molecular flexibility index (Phi) is 15300. The SMILES string of the molecule is C.C.Cl.Cl.N. The van der Waals surface area contributed by atoms with Crippen LogP contribution in [-0.2, 0) is 0 Å². The normalized spacial score (nSPS) is 0. The van der Waals surface area contributed by atoms with Crippen LogP contribution in [0.3, 0.4) is 0 Å². The van der Waals surface area contributed by atoms with Crippen LogP contribution < -0.4 is 6.15 Å². The molecule has 1 nitrogen and oxygen atoms in total. The van der Waals surface area contributed by atoms with E-state index in [1.165, 1.54) is 0 Å². The minimum atomic E-state index is 0. The molecule has 3 N–H and O–H groups in total. The van der Waals surface area contributed by atoms with Gasteiger partial charge in [0.05, 0.1) is 0 Å². The van der Waals surface area contributed by atoms with Crippen LogP contribution in [0.15, 0.2) is 0 Å². The Balaban J connectivity index is 0. The summed E-state index contributed by atoms with van der Waals surface area (Å²) in [6.45, 7) is 0. The number of halogens is 2. The number of hydrogen-bond donors (Lipinski definition) is 1. The summed E-state index contributed by atoms with van der Waals surface area (Å²) in [6, 6.07) is 0. The molecule has 0 aromatic carbocycles. The minimum absolute atomic E-state index is 0. The van der Waals surface area contributed by atoms with Crippen molar-refractivity contribution >= 4 is 24.8 Å². The monoisotopic (exact) mass is 121 g/mol. The minimum Gasteiger partial charge on any atom is -0.344 e. The highest BCUT2D eigenvalue weighted by atomic mass is 35.5. The Bertz CT molecular complexity index is 7.61. The highest BCUT2D eigenvalue weighted by molar-refractivity contribution is 5.85. The highest BCUT2D eigenvalue weighted by Crippen LogP contribution is 0.691. The second kappa shape index (κ2) is 195. The molecule has 0 radical (unpaired) electrons. The first-order valence-corrected chi connectivity index (χ1v) is 0. The van der Waals surface area contributed by atoms with E-state index in [1.54, 1.807) is 0 Å². The van der Waals surface area contributed by atoms with Crippen molar-refractivity contribution in [3.63, 3.8) is 0 Å². The lowest BCUT2D eigenvalue weighted by Gasteiger charge is -0.344. The van der Waals surface area contributed by atoms with Crippen molar-refractivity contribution in [2.45, 2.75) is 14.9 Å². The van der Waals surface area contributed by atoms with Gasteiger partial charge < -0.3 is 6.15 Å². The maximum atomic E-state index is 0. The molecule has 0 aromatic rings. The lowest BCUT2D eigenvalue weighted by atomic mass is 12.0. The largest absolute Gasteiger partial charge is 0.344 e. The Morgan fingerprint density at radius 3 is 0.600 bits per heavy atom. The maximum absolute atomic E-state index is 0. The molecule has 0 aliphatic carbocycles. The summed E-state index contributed by atoms with van der Waals surface area (Å²) in [5.74, 6) is 0. The fourth-order valence-electron chi connectivity index (χ4n) is 0. The van der Waals surface area contributed by atoms with Crippen LogP contribution in [0.2, 0.25) is 0 Å². The van der Waals surface area contributed by atoms with E-state index >= 15 is 0 Å². The fourth-order valence-corrected chi connectivity index (χ4v) is 0. The summed E-state index contributed by atoms with van der Waals surface area (Å²) in [4.78, 5) is 0. The average Bonchev–Trinajstić information content (AvgIpc) is 0. The predicted octanol–water partition coefficient (Wildman–Crippen LogP) is 2.28. The van der Waals surface area contributed by atoms with Crippen molar-refractivity contribution in [3.8, 4) is 0 Å². The molecule has 0 fully saturated rings. The van der Waals surface area contributed by atoms with Gasteiger partial charge in [0.15, 0.2) is 0 Å². The van der Waals surface area contributed by atoms with Crippen LogP contribution in [0, 0.1) is 0 Å². The molecule has 0 atom stereocenters. The summed E-state index contributed by atoms with van der Waals surface area (Å²) in [7, 11) is 0. The third-order valence-electron chi connectivity index (χ3n) is 0. The molecule has 5 heavy (non-hydrogen) atoms. The third-order valence-corrected chi connectivity index (χ3v) is 0. The first-order chi connectivity index (χ1) is 0. The van der Waals surface area contributed by atoms with Crippen molar-refractivity contribution in [1.82, 2.24) is 6.15 Å². The zero-order valence-electron chi connectivity index (χ0n) is 1.52. The zero-order chi connectivity index (χ0) is 0. The van der Waals surface area contributed by atoms with Gasteiger partial charge >= 0.3 is 0 Å². The smallest absolute Gasteiger partial charge is 0.0776 e. The molecule has 3 heteroatoms. The molecule has 0 saturated heterocycles. The van der Waals surface area contributed by atoms with Gasteiger partial charge in [-0.25, -0.2) is 0 Å². The molecule has 0 heterocycles. The number of hydrogen-bond acceptors (Lipinski definition) is 1. The standard InChI is InChI=1S/2CH4.2ClH.H3N/h2*1H4;2*1H;1H3. The van der Waals surface area contributed by atoms with Crippen LogP contribution >= 0.6 is 24.8 Å². The van der Waals surface area contributed by atoms with Gasteiger partial charge in [-0.3, -0.25) is 0 Å². The first kappa shape index (κ1) is 392. The van der Waals surface area contributed by atoms with E-state index in [4.69, 9.17) is 0 Å². The van der Waals surface area contributed by atoms with Gasteiger partial charge in [0.1, 0.15) is 0 Å². The second-order valence-electron chi connectivity index (χ2n) is 0. The van der Waals surface area contributed by atoms with Crippen molar-refractivity contribution in [3.05, 3.63) is 0 Å². The van der Waals surface area contributed by atoms with E-state index in [2.05, 4.69) is 0 Å². The Hall–Kier alpha value is 0.540. The van der Waals surface area contributed by atoms with Crippen LogP contribution in [0.25, 0.3) is 0 Å². The van der Waals surface area contributed by atoms with E-state index in [-0.39, 0.29) is 45.8 Å². The lowest BCUT2D eigenvalue weighted by Crippen LogP contribution is -0.481. The lowest BCUT2D eigenvalue weighted by molar-refractivity contribution is 2.13. The van der Waals surface area contributed by atoms with Crippen LogP contribution in [0.1, 0.15) is 14.9 Å². The summed E-state index contributed by atoms with van der Waals surface area (Å²) in [6.07, 6.45) is 0. The fraction of sp³-hybridized carbons (Fsp3) is 1.00. The summed E-state index contributed by atoms with van der Waals surface area (Å²) >= 11 is 0. The third kappa shape index (κ3) is 100. The molecule has 0 amide bonds. The Morgan fingerprint density at radius 2 is 0.600 bits per heavy atom. The van der Waals surface area contributed by atoms with Crippen LogP contribution in [-0.4, -0.2) is 0 Å². The van der Waals surface area contributed by atoms with Gasteiger partial charge in [-0.1, -0.05) is 14.9 Å². The molecule has 0 rings (SSSR count). The van der Waals surface area contributed by atoms with Gasteiger partial charge in [0.25, 0.3) is 0 Å². The van der Waals surface area contributed by atoms with Gasteiger partial charge in [0, 0.05) is 0 Å². The predicted molar refractivity (Wildman–Crippen MR) is 33.0 cm³/mol. The summed E-state index contributed by atoms with van der Waals surface area (Å²) in [5.41, 5.74) is 0. The van der Waals surface area contributed by atoms with Crippen molar-refractivity contribution in [1.29, 1.82) is 0 Å². The van der Waals surface area contributed by atoms with Crippen molar-refractivity contribution in [2.75, 3.05) is 0 Å². The maximum Gasteiger partial charge on any atom is -0.0776 e. The second-order valence-corrected chi connectivity index (χ2v) is 0. The molecule has 0 aliphatic rings. The van der Waals surface area contributed by atoms with Crippen molar-refractivity contribution < 1.29 is 0 Å². The first-order valence-electron chi connectivity index (χ1n) is 0. The summed E-state index contributed by atoms with van der Waals surface area (Å²) in [5, 5.41) is 0. The topological polar surface area (TPSA) is 35.0 Å². The van der Waals surface area contributed by atoms with Gasteiger partial charge in [-0.2, -0.15) is 0 Å². The molecule has 40 valence electrons. The molecule has 0 saturated carbocycles. The molecule has 0 aliphatic heterocycles. The molecule has 0 bridgehead atoms. The van der Waals surface area contributed by atoms with Gasteiger partial charge in [-0.15, -0.1) is 24.8 Å². The quantitative estimate of drug-likeness (QED) is 0.525. The molecular formula is C2H13Cl2N. The summed E-state index contributed by atoms with van der Waals surface area (Å²) < 4.78 is 0. The molecule has 0 aromatic heterocycles. The van der Waals surface area contributed by atoms with E-state index in [0.29, 0.717) is 0 Å². The van der Waals surface area contributed by atoms with Crippen LogP contribution in [0.5, 0.6) is 0 Å². The Morgan fingerprint density at radius 1 is 0.600 bits per heavy atom. The Labute approximate surface area is 46.6 Å². The number of rotatable bonds is 0. The highest BCUT2D eigenvalue weighted by Gasteiger charge is -0.0765. The van der Waals surface area contributed by atoms with E-state index in [0.717, 1.165) is 0 Å². The van der Waals surface area contributed by atoms with Crippen LogP contribution in [0.4, 0.5) is 0 Å². The van der Waals surface area contributed by atoms with Crippen molar-refractivity contribution in [2.24, 2.45) is 0 Å². The van der Waals surface area contributed by atoms with Gasteiger partial charge in [-0.05, 0) is 0 Å². The zero-order valence-corrected chi connectivity index (χ0v) is 3.16. The van der Waals surface area contributed by atoms with E-state index < -0.39 is 0 Å². The van der Waals surface area contributed by atoms with E-state index in [1.807, 2.05) is 0 Å². The molecule has 0 unspecified atom stereocenters. The molecular weight excluding hydrogens is 109 g/mol.